The van der Waals surface area contributed by atoms with E-state index in [1.807, 2.05) is 0 Å². The Kier molecular flexibility index (Phi) is 2.75. The lowest BCUT2D eigenvalue weighted by molar-refractivity contribution is -0.138. The normalized spacial score (nSPS) is 12.4. The molecule has 0 radical (unpaired) electrons. The molecule has 92 valence electrons. The minimum Gasteiger partial charge on any atom is -0.505 e. The van der Waals surface area contributed by atoms with E-state index < -0.39 is 17.5 Å². The van der Waals surface area contributed by atoms with E-state index in [0.29, 0.717) is 5.82 Å². The summed E-state index contributed by atoms with van der Waals surface area (Å²) >= 11 is 1.48. The monoisotopic (exact) mass is 356 g/mol. The van der Waals surface area contributed by atoms with Crippen LogP contribution < -0.4 is 0 Å². The maximum absolute atomic E-state index is 12.7. The molecule has 0 bridgehead atoms. The first-order chi connectivity index (χ1) is 7.73. The molecule has 0 aliphatic carbocycles. The summed E-state index contributed by atoms with van der Waals surface area (Å²) in [7, 11) is 1.61. The van der Waals surface area contributed by atoms with Gasteiger partial charge in [-0.3, -0.25) is 0 Å². The zero-order valence-corrected chi connectivity index (χ0v) is 11.1. The fourth-order valence-electron chi connectivity index (χ4n) is 1.60. The molecule has 17 heavy (non-hydrogen) atoms. The lowest BCUT2D eigenvalue weighted by Crippen LogP contribution is -2.08. The summed E-state index contributed by atoms with van der Waals surface area (Å²) in [5, 5.41) is 9.76. The van der Waals surface area contributed by atoms with Crippen molar-refractivity contribution < 1.29 is 18.3 Å². The summed E-state index contributed by atoms with van der Waals surface area (Å²) in [6.07, 6.45) is -4.49. The number of phenols is 1. The molecule has 0 fully saturated rings. The zero-order valence-electron chi connectivity index (χ0n) is 8.93. The van der Waals surface area contributed by atoms with Crippen LogP contribution in [0.3, 0.4) is 0 Å². The predicted octanol–water partition coefficient (Wildman–Crippen LogP) is 3.21. The van der Waals surface area contributed by atoms with E-state index in [4.69, 9.17) is 0 Å². The average molecular weight is 356 g/mol. The molecule has 0 unspecified atom stereocenters. The Morgan fingerprint density at radius 2 is 2.00 bits per heavy atom. The van der Waals surface area contributed by atoms with Gasteiger partial charge in [-0.2, -0.15) is 13.2 Å². The van der Waals surface area contributed by atoms with Gasteiger partial charge in [0.25, 0.3) is 0 Å². The van der Waals surface area contributed by atoms with Gasteiger partial charge in [-0.1, -0.05) is 0 Å². The second-order valence-electron chi connectivity index (χ2n) is 3.67. The Morgan fingerprint density at radius 1 is 1.41 bits per heavy atom. The van der Waals surface area contributed by atoms with E-state index >= 15 is 0 Å². The van der Waals surface area contributed by atoms with Gasteiger partial charge in [0.1, 0.15) is 11.3 Å². The van der Waals surface area contributed by atoms with Crippen molar-refractivity contribution in [2.24, 2.45) is 7.05 Å². The molecule has 2 aromatic rings. The molecule has 1 N–H and O–H groups in total. The first-order valence-corrected chi connectivity index (χ1v) is 5.73. The highest BCUT2D eigenvalue weighted by atomic mass is 127. The summed E-state index contributed by atoms with van der Waals surface area (Å²) in [6.45, 7) is 1.67. The largest absolute Gasteiger partial charge is 0.505 e. The van der Waals surface area contributed by atoms with Crippen LogP contribution in [0.1, 0.15) is 11.4 Å². The molecular formula is C10H8F3IN2O. The van der Waals surface area contributed by atoms with E-state index in [2.05, 4.69) is 4.98 Å². The maximum Gasteiger partial charge on any atom is 0.417 e. The molecule has 0 atom stereocenters. The molecular weight excluding hydrogens is 348 g/mol. The number of fused-ring (bicyclic) bond motifs is 1. The number of alkyl halides is 3. The number of imidazole rings is 1. The molecule has 1 heterocycles. The standard InChI is InChI=1S/C10H8F3IN2O/c1-4-15-8-6(16(4)2)3-5(10(11,12)13)7(14)9(8)17/h3,17H,1-2H3. The van der Waals surface area contributed by atoms with Gasteiger partial charge in [-0.25, -0.2) is 4.98 Å². The van der Waals surface area contributed by atoms with Gasteiger partial charge in [0.15, 0.2) is 5.75 Å². The third kappa shape index (κ3) is 1.85. The van der Waals surface area contributed by atoms with E-state index in [-0.39, 0.29) is 14.6 Å². The lowest BCUT2D eigenvalue weighted by atomic mass is 10.2. The van der Waals surface area contributed by atoms with Crippen LogP contribution in [0.25, 0.3) is 11.0 Å². The summed E-state index contributed by atoms with van der Waals surface area (Å²) < 4.78 is 39.5. The van der Waals surface area contributed by atoms with Crippen LogP contribution in [-0.2, 0) is 13.2 Å². The highest BCUT2D eigenvalue weighted by molar-refractivity contribution is 14.1. The summed E-state index contributed by atoms with van der Waals surface area (Å²) in [4.78, 5) is 4.04. The van der Waals surface area contributed by atoms with Crippen molar-refractivity contribution in [1.29, 1.82) is 0 Å². The molecule has 0 saturated heterocycles. The van der Waals surface area contributed by atoms with Crippen LogP contribution in [0.2, 0.25) is 0 Å². The van der Waals surface area contributed by atoms with E-state index in [1.165, 1.54) is 27.2 Å². The Bertz CT molecular complexity index is 604. The number of rotatable bonds is 0. The minimum atomic E-state index is -4.49. The third-order valence-electron chi connectivity index (χ3n) is 2.62. The van der Waals surface area contributed by atoms with Crippen LogP contribution >= 0.6 is 22.6 Å². The molecule has 0 aliphatic rings. The van der Waals surface area contributed by atoms with Crippen molar-refractivity contribution in [3.05, 3.63) is 21.0 Å². The fraction of sp³-hybridized carbons (Fsp3) is 0.300. The minimum absolute atomic E-state index is 0.197. The number of halogens is 4. The van der Waals surface area contributed by atoms with Crippen molar-refractivity contribution in [2.45, 2.75) is 13.1 Å². The number of aromatic nitrogens is 2. The fourth-order valence-corrected chi connectivity index (χ4v) is 2.32. The Morgan fingerprint density at radius 3 is 2.53 bits per heavy atom. The second kappa shape index (κ2) is 3.76. The van der Waals surface area contributed by atoms with Gasteiger partial charge in [0, 0.05) is 7.05 Å². The van der Waals surface area contributed by atoms with Crippen LogP contribution in [0.15, 0.2) is 6.07 Å². The number of hydrogen-bond acceptors (Lipinski definition) is 2. The van der Waals surface area contributed by atoms with Crippen LogP contribution in [-0.4, -0.2) is 14.7 Å². The smallest absolute Gasteiger partial charge is 0.417 e. The topological polar surface area (TPSA) is 38.1 Å². The first-order valence-electron chi connectivity index (χ1n) is 4.65. The molecule has 1 aromatic carbocycles. The summed E-state index contributed by atoms with van der Waals surface area (Å²) in [5.74, 6) is 0.129. The Balaban J connectivity index is 2.90. The van der Waals surface area contributed by atoms with Gasteiger partial charge in [-0.15, -0.1) is 0 Å². The Hall–Kier alpha value is -0.990. The molecule has 0 saturated carbocycles. The quantitative estimate of drug-likeness (QED) is 0.737. The number of aryl methyl sites for hydroxylation is 2. The van der Waals surface area contributed by atoms with Crippen molar-refractivity contribution in [3.63, 3.8) is 0 Å². The average Bonchev–Trinajstić information content (AvgIpc) is 2.48. The predicted molar refractivity (Wildman–Crippen MR) is 64.8 cm³/mol. The van der Waals surface area contributed by atoms with Gasteiger partial charge < -0.3 is 9.67 Å². The second-order valence-corrected chi connectivity index (χ2v) is 4.75. The van der Waals surface area contributed by atoms with Gasteiger partial charge in [0.05, 0.1) is 14.7 Å². The zero-order chi connectivity index (χ0) is 13.0. The van der Waals surface area contributed by atoms with Crippen molar-refractivity contribution >= 4 is 33.6 Å². The number of phenolic OH excluding ortho intramolecular Hbond substituents is 1. The van der Waals surface area contributed by atoms with Gasteiger partial charge in [0.2, 0.25) is 0 Å². The highest BCUT2D eigenvalue weighted by Crippen LogP contribution is 2.40. The van der Waals surface area contributed by atoms with E-state index in [0.717, 1.165) is 6.07 Å². The number of nitrogens with zero attached hydrogens (tertiary/aromatic N) is 2. The van der Waals surface area contributed by atoms with Crippen molar-refractivity contribution in [3.8, 4) is 5.75 Å². The summed E-state index contributed by atoms with van der Waals surface area (Å²) in [6, 6.07) is 1.01. The van der Waals surface area contributed by atoms with Crippen LogP contribution in [0.4, 0.5) is 13.2 Å². The maximum atomic E-state index is 12.7. The molecule has 1 aromatic heterocycles. The molecule has 3 nitrogen and oxygen atoms in total. The number of aromatic hydroxyl groups is 1. The summed E-state index contributed by atoms with van der Waals surface area (Å²) in [5.41, 5.74) is -0.374. The Labute approximate surface area is 108 Å². The van der Waals surface area contributed by atoms with E-state index in [1.54, 1.807) is 14.0 Å². The number of benzene rings is 1. The number of hydrogen-bond donors (Lipinski definition) is 1. The van der Waals surface area contributed by atoms with Crippen LogP contribution in [0.5, 0.6) is 5.75 Å². The molecule has 7 heteroatoms. The highest BCUT2D eigenvalue weighted by Gasteiger charge is 2.35. The van der Waals surface area contributed by atoms with Gasteiger partial charge >= 0.3 is 6.18 Å². The molecule has 0 aliphatic heterocycles. The van der Waals surface area contributed by atoms with Crippen molar-refractivity contribution in [2.75, 3.05) is 0 Å². The molecule has 0 spiro atoms. The first kappa shape index (κ1) is 12.5. The van der Waals surface area contributed by atoms with Gasteiger partial charge in [-0.05, 0) is 35.6 Å². The van der Waals surface area contributed by atoms with Crippen LogP contribution in [0, 0.1) is 10.5 Å². The molecule has 2 rings (SSSR count). The van der Waals surface area contributed by atoms with E-state index in [9.17, 15) is 18.3 Å². The lowest BCUT2D eigenvalue weighted by Gasteiger charge is -2.11. The molecule has 0 amide bonds. The SMILES string of the molecule is Cc1nc2c(O)c(I)c(C(F)(F)F)cc2n1C. The van der Waals surface area contributed by atoms with Crippen molar-refractivity contribution in [1.82, 2.24) is 9.55 Å². The third-order valence-corrected chi connectivity index (χ3v) is 3.71.